The Morgan fingerprint density at radius 3 is 2.73 bits per heavy atom. The molecule has 1 amide bonds. The molecule has 110 valence electrons. The number of carbonyl (C=O) groups excluding carboxylic acids is 2. The van der Waals surface area contributed by atoms with Gasteiger partial charge in [-0.15, -0.1) is 0 Å². The first-order valence-electron chi connectivity index (χ1n) is 6.52. The fourth-order valence-electron chi connectivity index (χ4n) is 2.16. The zero-order valence-corrected chi connectivity index (χ0v) is 11.4. The van der Waals surface area contributed by atoms with Gasteiger partial charge in [-0.3, -0.25) is 14.9 Å². The van der Waals surface area contributed by atoms with Gasteiger partial charge in [-0.05, 0) is 17.7 Å². The van der Waals surface area contributed by atoms with Crippen LogP contribution in [-0.4, -0.2) is 12.2 Å². The number of para-hydroxylation sites is 1. The molecule has 0 radical (unpaired) electrons. The van der Waals surface area contributed by atoms with Crippen LogP contribution in [0.5, 0.6) is 0 Å². The Hall–Kier alpha value is -3.15. The van der Waals surface area contributed by atoms with Crippen LogP contribution < -0.4 is 10.9 Å². The fraction of sp³-hybridized carbons (Fsp3) is 0.0625. The molecule has 0 aliphatic heterocycles. The van der Waals surface area contributed by atoms with E-state index in [9.17, 15) is 14.4 Å². The van der Waals surface area contributed by atoms with Gasteiger partial charge >= 0.3 is 5.63 Å². The molecule has 3 rings (SSSR count). The number of anilines is 1. The fourth-order valence-corrected chi connectivity index (χ4v) is 2.16. The standard InChI is InChI=1S/C16H11NO5/c18-9-11-5-6-15(21-11)17-14(19)7-10-8-16(20)22-13-4-2-1-3-12(10)13/h1-6,8-9H,7H2,(H,17,19). The minimum atomic E-state index is -0.511. The first-order chi connectivity index (χ1) is 10.7. The maximum Gasteiger partial charge on any atom is 0.336 e. The SMILES string of the molecule is O=Cc1ccc(NC(=O)Cc2cc(=O)oc3ccccc23)o1. The Bertz CT molecular complexity index is 906. The van der Waals surface area contributed by atoms with Crippen molar-refractivity contribution in [3.05, 3.63) is 64.2 Å². The summed E-state index contributed by atoms with van der Waals surface area (Å²) in [5, 5.41) is 3.23. The van der Waals surface area contributed by atoms with Gasteiger partial charge in [-0.25, -0.2) is 4.79 Å². The van der Waals surface area contributed by atoms with Gasteiger partial charge in [0.25, 0.3) is 0 Å². The monoisotopic (exact) mass is 297 g/mol. The van der Waals surface area contributed by atoms with Gasteiger partial charge in [0, 0.05) is 17.5 Å². The third-order valence-electron chi connectivity index (χ3n) is 3.09. The van der Waals surface area contributed by atoms with E-state index in [0.717, 1.165) is 0 Å². The van der Waals surface area contributed by atoms with E-state index in [0.29, 0.717) is 22.8 Å². The third-order valence-corrected chi connectivity index (χ3v) is 3.09. The van der Waals surface area contributed by atoms with Gasteiger partial charge in [0.1, 0.15) is 5.58 Å². The number of fused-ring (bicyclic) bond motifs is 1. The molecule has 0 spiro atoms. The Morgan fingerprint density at radius 1 is 1.14 bits per heavy atom. The topological polar surface area (TPSA) is 89.5 Å². The maximum atomic E-state index is 12.0. The molecule has 0 saturated heterocycles. The van der Waals surface area contributed by atoms with Crippen molar-refractivity contribution in [2.75, 3.05) is 5.32 Å². The maximum absolute atomic E-state index is 12.0. The van der Waals surface area contributed by atoms with Crippen molar-refractivity contribution in [3.8, 4) is 0 Å². The van der Waals surface area contributed by atoms with Crippen molar-refractivity contribution < 1.29 is 18.4 Å². The molecule has 6 heteroatoms. The second-order valence-corrected chi connectivity index (χ2v) is 4.63. The smallest absolute Gasteiger partial charge is 0.336 e. The Kier molecular flexibility index (Phi) is 3.57. The number of hydrogen-bond acceptors (Lipinski definition) is 5. The number of benzene rings is 1. The molecule has 2 heterocycles. The van der Waals surface area contributed by atoms with E-state index in [-0.39, 0.29) is 24.0 Å². The van der Waals surface area contributed by atoms with Gasteiger partial charge in [-0.1, -0.05) is 18.2 Å². The number of aldehydes is 1. The molecule has 0 bridgehead atoms. The summed E-state index contributed by atoms with van der Waals surface area (Å²) in [5.41, 5.74) is 0.480. The second-order valence-electron chi connectivity index (χ2n) is 4.63. The lowest BCUT2D eigenvalue weighted by molar-refractivity contribution is -0.115. The Balaban J connectivity index is 1.84. The van der Waals surface area contributed by atoms with Crippen LogP contribution in [0, 0.1) is 0 Å². The lowest BCUT2D eigenvalue weighted by Gasteiger charge is -2.05. The first-order valence-corrected chi connectivity index (χ1v) is 6.52. The number of nitrogens with one attached hydrogen (secondary N) is 1. The summed E-state index contributed by atoms with van der Waals surface area (Å²) in [6, 6.07) is 11.2. The van der Waals surface area contributed by atoms with Gasteiger partial charge < -0.3 is 8.83 Å². The lowest BCUT2D eigenvalue weighted by Crippen LogP contribution is -2.15. The largest absolute Gasteiger partial charge is 0.438 e. The van der Waals surface area contributed by atoms with Crippen molar-refractivity contribution in [1.29, 1.82) is 0 Å². The molecule has 0 atom stereocenters. The zero-order valence-electron chi connectivity index (χ0n) is 11.4. The molecule has 0 aliphatic carbocycles. The molecule has 0 fully saturated rings. The second kappa shape index (κ2) is 5.69. The van der Waals surface area contributed by atoms with Crippen LogP contribution in [0.25, 0.3) is 11.0 Å². The third kappa shape index (κ3) is 2.80. The normalized spacial score (nSPS) is 10.5. The lowest BCUT2D eigenvalue weighted by atomic mass is 10.1. The van der Waals surface area contributed by atoms with Crippen LogP contribution in [0.1, 0.15) is 16.1 Å². The van der Waals surface area contributed by atoms with Crippen molar-refractivity contribution >= 4 is 29.0 Å². The minimum absolute atomic E-state index is 0.0107. The number of carbonyl (C=O) groups is 2. The van der Waals surface area contributed by atoms with Crippen LogP contribution in [-0.2, 0) is 11.2 Å². The molecule has 1 aromatic carbocycles. The van der Waals surface area contributed by atoms with Crippen molar-refractivity contribution in [1.82, 2.24) is 0 Å². The van der Waals surface area contributed by atoms with Gasteiger partial charge in [-0.2, -0.15) is 0 Å². The highest BCUT2D eigenvalue weighted by Gasteiger charge is 2.11. The highest BCUT2D eigenvalue weighted by molar-refractivity contribution is 5.94. The summed E-state index contributed by atoms with van der Waals surface area (Å²) >= 11 is 0. The van der Waals surface area contributed by atoms with Crippen LogP contribution in [0.15, 0.2) is 56.1 Å². The van der Waals surface area contributed by atoms with E-state index in [4.69, 9.17) is 8.83 Å². The number of rotatable bonds is 4. The van der Waals surface area contributed by atoms with E-state index in [2.05, 4.69) is 5.32 Å². The van der Waals surface area contributed by atoms with Gasteiger partial charge in [0.05, 0.1) is 6.42 Å². The molecular formula is C16H11NO5. The predicted octanol–water partition coefficient (Wildman–Crippen LogP) is 2.38. The quantitative estimate of drug-likeness (QED) is 0.590. The minimum Gasteiger partial charge on any atom is -0.438 e. The Labute approximate surface area is 124 Å². The van der Waals surface area contributed by atoms with Crippen molar-refractivity contribution in [2.45, 2.75) is 6.42 Å². The highest BCUT2D eigenvalue weighted by Crippen LogP contribution is 2.18. The van der Waals surface area contributed by atoms with Gasteiger partial charge in [0.15, 0.2) is 17.9 Å². The molecule has 6 nitrogen and oxygen atoms in total. The molecule has 0 saturated carbocycles. The van der Waals surface area contributed by atoms with Crippen LogP contribution in [0.3, 0.4) is 0 Å². The number of amides is 1. The van der Waals surface area contributed by atoms with Crippen LogP contribution in [0.2, 0.25) is 0 Å². The molecule has 3 aromatic rings. The van der Waals surface area contributed by atoms with E-state index < -0.39 is 5.63 Å². The number of furan rings is 1. The summed E-state index contributed by atoms with van der Waals surface area (Å²) in [7, 11) is 0. The molecule has 1 N–H and O–H groups in total. The summed E-state index contributed by atoms with van der Waals surface area (Å²) in [6.07, 6.45) is 0.537. The molecule has 2 aromatic heterocycles. The molecule has 22 heavy (non-hydrogen) atoms. The van der Waals surface area contributed by atoms with E-state index in [1.165, 1.54) is 18.2 Å². The summed E-state index contributed by atoms with van der Waals surface area (Å²) in [4.78, 5) is 34.1. The summed E-state index contributed by atoms with van der Waals surface area (Å²) < 4.78 is 10.1. The molecule has 0 aliphatic rings. The van der Waals surface area contributed by atoms with Gasteiger partial charge in [0.2, 0.25) is 5.91 Å². The van der Waals surface area contributed by atoms with E-state index in [1.54, 1.807) is 24.3 Å². The average Bonchev–Trinajstić information content (AvgIpc) is 2.94. The summed E-state index contributed by atoms with van der Waals surface area (Å²) in [6.45, 7) is 0. The zero-order chi connectivity index (χ0) is 15.5. The van der Waals surface area contributed by atoms with Crippen molar-refractivity contribution in [3.63, 3.8) is 0 Å². The predicted molar refractivity (Wildman–Crippen MR) is 78.9 cm³/mol. The molecular weight excluding hydrogens is 286 g/mol. The Morgan fingerprint density at radius 2 is 1.95 bits per heavy atom. The average molecular weight is 297 g/mol. The first kappa shape index (κ1) is 13.8. The van der Waals surface area contributed by atoms with Crippen LogP contribution in [0.4, 0.5) is 5.88 Å². The van der Waals surface area contributed by atoms with Crippen molar-refractivity contribution in [2.24, 2.45) is 0 Å². The number of hydrogen-bond donors (Lipinski definition) is 1. The van der Waals surface area contributed by atoms with Crippen LogP contribution >= 0.6 is 0 Å². The molecule has 0 unspecified atom stereocenters. The highest BCUT2D eigenvalue weighted by atomic mass is 16.4. The summed E-state index contributed by atoms with van der Waals surface area (Å²) in [5.74, 6) is -0.0528. The van der Waals surface area contributed by atoms with E-state index >= 15 is 0 Å². The van der Waals surface area contributed by atoms with E-state index in [1.807, 2.05) is 0 Å².